The van der Waals surface area contributed by atoms with E-state index in [9.17, 15) is 4.79 Å². The molecule has 0 atom stereocenters. The third-order valence-electron chi connectivity index (χ3n) is 2.46. The first-order valence-corrected chi connectivity index (χ1v) is 5.97. The van der Waals surface area contributed by atoms with Crippen LogP contribution in [0.3, 0.4) is 0 Å². The third kappa shape index (κ3) is 2.34. The van der Waals surface area contributed by atoms with Crippen molar-refractivity contribution in [2.24, 2.45) is 0 Å². The number of aromatic nitrogens is 1. The Hall–Kier alpha value is -0.960. The average molecular weight is 289 g/mol. The predicted octanol–water partition coefficient (Wildman–Crippen LogP) is 4.31. The van der Waals surface area contributed by atoms with Gasteiger partial charge in [0, 0.05) is 17.8 Å². The SMILES string of the molecule is Cc1c[nH]c(=O)cc1-c1ccc(Cl)c(Cl)c1Cl. The van der Waals surface area contributed by atoms with E-state index in [1.165, 1.54) is 6.07 Å². The lowest BCUT2D eigenvalue weighted by molar-refractivity contribution is 1.20. The fraction of sp³-hybridized carbons (Fsp3) is 0.0833. The van der Waals surface area contributed by atoms with Crippen LogP contribution in [0, 0.1) is 6.92 Å². The van der Waals surface area contributed by atoms with Gasteiger partial charge in [0.15, 0.2) is 0 Å². The quantitative estimate of drug-likeness (QED) is 0.779. The molecule has 0 unspecified atom stereocenters. The molecule has 2 aromatic rings. The van der Waals surface area contributed by atoms with E-state index in [1.54, 1.807) is 18.3 Å². The molecule has 0 spiro atoms. The van der Waals surface area contributed by atoms with Crippen LogP contribution in [0.4, 0.5) is 0 Å². The maximum absolute atomic E-state index is 11.3. The molecular formula is C12H8Cl3NO. The van der Waals surface area contributed by atoms with Crippen molar-refractivity contribution in [3.05, 3.63) is 55.4 Å². The van der Waals surface area contributed by atoms with Gasteiger partial charge in [0.1, 0.15) is 0 Å². The van der Waals surface area contributed by atoms with Gasteiger partial charge < -0.3 is 4.98 Å². The van der Waals surface area contributed by atoms with Crippen LogP contribution >= 0.6 is 34.8 Å². The van der Waals surface area contributed by atoms with E-state index in [2.05, 4.69) is 4.98 Å². The van der Waals surface area contributed by atoms with Crippen LogP contribution < -0.4 is 5.56 Å². The molecule has 0 aliphatic heterocycles. The van der Waals surface area contributed by atoms with Crippen molar-refractivity contribution >= 4 is 34.8 Å². The second-order valence-corrected chi connectivity index (χ2v) is 4.78. The highest BCUT2D eigenvalue weighted by Gasteiger charge is 2.12. The van der Waals surface area contributed by atoms with Gasteiger partial charge in [-0.05, 0) is 24.1 Å². The summed E-state index contributed by atoms with van der Waals surface area (Å²) in [5.41, 5.74) is 2.17. The van der Waals surface area contributed by atoms with Crippen molar-refractivity contribution < 1.29 is 0 Å². The minimum absolute atomic E-state index is 0.187. The zero-order valence-corrected chi connectivity index (χ0v) is 11.1. The first kappa shape index (κ1) is 12.5. The van der Waals surface area contributed by atoms with Crippen LogP contribution in [0.15, 0.2) is 29.2 Å². The highest BCUT2D eigenvalue weighted by molar-refractivity contribution is 6.49. The van der Waals surface area contributed by atoms with E-state index in [1.807, 2.05) is 6.92 Å². The Morgan fingerprint density at radius 2 is 1.76 bits per heavy atom. The van der Waals surface area contributed by atoms with Crippen molar-refractivity contribution in [1.82, 2.24) is 4.98 Å². The summed E-state index contributed by atoms with van der Waals surface area (Å²) in [4.78, 5) is 13.9. The smallest absolute Gasteiger partial charge is 0.248 e. The summed E-state index contributed by atoms with van der Waals surface area (Å²) in [7, 11) is 0. The first-order chi connectivity index (χ1) is 8.00. The number of benzene rings is 1. The molecule has 1 N–H and O–H groups in total. The van der Waals surface area contributed by atoms with Crippen LogP contribution in [0.25, 0.3) is 11.1 Å². The Labute approximate surface area is 113 Å². The molecule has 0 amide bonds. The Morgan fingerprint density at radius 3 is 2.47 bits per heavy atom. The van der Waals surface area contributed by atoms with Crippen LogP contribution in [-0.4, -0.2) is 4.98 Å². The van der Waals surface area contributed by atoms with Crippen LogP contribution in [0.2, 0.25) is 15.1 Å². The molecule has 2 rings (SSSR count). The molecule has 17 heavy (non-hydrogen) atoms. The molecule has 0 bridgehead atoms. The summed E-state index contributed by atoms with van der Waals surface area (Å²) in [6, 6.07) is 4.89. The van der Waals surface area contributed by atoms with Gasteiger partial charge in [-0.15, -0.1) is 0 Å². The molecular weight excluding hydrogens is 280 g/mol. The fourth-order valence-corrected chi connectivity index (χ4v) is 2.21. The molecule has 2 nitrogen and oxygen atoms in total. The molecule has 88 valence electrons. The maximum Gasteiger partial charge on any atom is 0.248 e. The van der Waals surface area contributed by atoms with E-state index >= 15 is 0 Å². The van der Waals surface area contributed by atoms with E-state index in [4.69, 9.17) is 34.8 Å². The summed E-state index contributed by atoms with van der Waals surface area (Å²) in [5, 5.41) is 1.04. The number of hydrogen-bond donors (Lipinski definition) is 1. The van der Waals surface area contributed by atoms with Crippen LogP contribution in [0.5, 0.6) is 0 Å². The van der Waals surface area contributed by atoms with Gasteiger partial charge in [-0.1, -0.05) is 40.9 Å². The molecule has 1 aromatic carbocycles. The van der Waals surface area contributed by atoms with Gasteiger partial charge >= 0.3 is 0 Å². The number of H-pyrrole nitrogens is 1. The van der Waals surface area contributed by atoms with E-state index in [-0.39, 0.29) is 5.56 Å². The topological polar surface area (TPSA) is 32.9 Å². The Balaban J connectivity index is 2.73. The van der Waals surface area contributed by atoms with Crippen molar-refractivity contribution in [2.75, 3.05) is 0 Å². The molecule has 0 saturated heterocycles. The van der Waals surface area contributed by atoms with Crippen molar-refractivity contribution in [3.63, 3.8) is 0 Å². The number of pyridine rings is 1. The largest absolute Gasteiger partial charge is 0.329 e. The van der Waals surface area contributed by atoms with Gasteiger partial charge in [-0.25, -0.2) is 0 Å². The van der Waals surface area contributed by atoms with Crippen molar-refractivity contribution in [3.8, 4) is 11.1 Å². The monoisotopic (exact) mass is 287 g/mol. The number of halogens is 3. The number of hydrogen-bond acceptors (Lipinski definition) is 1. The number of rotatable bonds is 1. The predicted molar refractivity (Wildman–Crippen MR) is 72.3 cm³/mol. The zero-order chi connectivity index (χ0) is 12.6. The second kappa shape index (κ2) is 4.73. The average Bonchev–Trinajstić information content (AvgIpc) is 2.30. The fourth-order valence-electron chi connectivity index (χ4n) is 1.57. The van der Waals surface area contributed by atoms with Crippen LogP contribution in [-0.2, 0) is 0 Å². The van der Waals surface area contributed by atoms with Gasteiger partial charge in [-0.3, -0.25) is 4.79 Å². The summed E-state index contributed by atoms with van der Waals surface area (Å²) in [5.74, 6) is 0. The first-order valence-electron chi connectivity index (χ1n) is 4.84. The van der Waals surface area contributed by atoms with Crippen molar-refractivity contribution in [1.29, 1.82) is 0 Å². The lowest BCUT2D eigenvalue weighted by Gasteiger charge is -2.09. The molecule has 0 radical (unpaired) electrons. The minimum Gasteiger partial charge on any atom is -0.329 e. The van der Waals surface area contributed by atoms with Crippen LogP contribution in [0.1, 0.15) is 5.56 Å². The summed E-state index contributed by atoms with van der Waals surface area (Å²) in [6.07, 6.45) is 1.64. The van der Waals surface area contributed by atoms with Gasteiger partial charge in [-0.2, -0.15) is 0 Å². The standard InChI is InChI=1S/C12H8Cl3NO/c1-6-5-16-10(17)4-8(6)7-2-3-9(13)12(15)11(7)14/h2-5H,1H3,(H,16,17). The second-order valence-electron chi connectivity index (χ2n) is 3.62. The Morgan fingerprint density at radius 1 is 1.06 bits per heavy atom. The van der Waals surface area contributed by atoms with E-state index in [0.717, 1.165) is 11.1 Å². The summed E-state index contributed by atoms with van der Waals surface area (Å²) >= 11 is 18.0. The van der Waals surface area contributed by atoms with Gasteiger partial charge in [0.05, 0.1) is 15.1 Å². The van der Waals surface area contributed by atoms with Gasteiger partial charge in [0.2, 0.25) is 5.56 Å². The van der Waals surface area contributed by atoms with E-state index < -0.39 is 0 Å². The molecule has 1 aromatic heterocycles. The Bertz CT molecular complexity index is 634. The maximum atomic E-state index is 11.3. The molecule has 1 heterocycles. The normalized spacial score (nSPS) is 10.6. The third-order valence-corrected chi connectivity index (χ3v) is 3.75. The highest BCUT2D eigenvalue weighted by Crippen LogP contribution is 2.38. The number of aryl methyl sites for hydroxylation is 1. The summed E-state index contributed by atoms with van der Waals surface area (Å²) < 4.78 is 0. The lowest BCUT2D eigenvalue weighted by atomic mass is 10.0. The zero-order valence-electron chi connectivity index (χ0n) is 8.85. The molecule has 0 fully saturated rings. The van der Waals surface area contributed by atoms with E-state index in [0.29, 0.717) is 20.6 Å². The summed E-state index contributed by atoms with van der Waals surface area (Å²) in [6.45, 7) is 1.88. The molecule has 0 aliphatic rings. The highest BCUT2D eigenvalue weighted by atomic mass is 35.5. The number of nitrogens with one attached hydrogen (secondary N) is 1. The number of aromatic amines is 1. The molecule has 5 heteroatoms. The van der Waals surface area contributed by atoms with Crippen molar-refractivity contribution in [2.45, 2.75) is 6.92 Å². The minimum atomic E-state index is -0.187. The Kier molecular flexibility index (Phi) is 3.48. The molecule has 0 aliphatic carbocycles. The molecule has 0 saturated carbocycles. The van der Waals surface area contributed by atoms with Gasteiger partial charge in [0.25, 0.3) is 0 Å². The lowest BCUT2D eigenvalue weighted by Crippen LogP contribution is -2.04.